The van der Waals surface area contributed by atoms with Crippen LogP contribution in [0.15, 0.2) is 35.0 Å². The molecule has 2 heterocycles. The van der Waals surface area contributed by atoms with Crippen molar-refractivity contribution < 1.29 is 0 Å². The van der Waals surface area contributed by atoms with Crippen LogP contribution < -0.4 is 0 Å². The van der Waals surface area contributed by atoms with Gasteiger partial charge in [0.2, 0.25) is 0 Å². The number of rotatable bonds is 1. The van der Waals surface area contributed by atoms with Gasteiger partial charge in [-0.25, -0.2) is 0 Å². The van der Waals surface area contributed by atoms with Crippen LogP contribution in [0.2, 0.25) is 0 Å². The summed E-state index contributed by atoms with van der Waals surface area (Å²) in [7, 11) is 0. The fourth-order valence-electron chi connectivity index (χ4n) is 1.46. The van der Waals surface area contributed by atoms with Crippen LogP contribution >= 0.6 is 23.1 Å². The molecule has 0 radical (unpaired) electrons. The smallest absolute Gasteiger partial charge is 0.112 e. The van der Waals surface area contributed by atoms with E-state index in [4.69, 9.17) is 0 Å². The zero-order chi connectivity index (χ0) is 9.38. The molecule has 68 valence electrons. The van der Waals surface area contributed by atoms with Crippen LogP contribution in [-0.2, 0) is 0 Å². The van der Waals surface area contributed by atoms with Crippen molar-refractivity contribution in [2.24, 2.45) is 0 Å². The Balaban J connectivity index is 2.36. The second-order valence-electron chi connectivity index (χ2n) is 2.95. The minimum Gasteiger partial charge on any atom is -0.173 e. The van der Waals surface area contributed by atoms with Gasteiger partial charge in [0.1, 0.15) is 11.0 Å². The second kappa shape index (κ2) is 3.15. The largest absolute Gasteiger partial charge is 0.173 e. The number of benzene rings is 1. The highest BCUT2D eigenvalue weighted by atomic mass is 32.1. The van der Waals surface area contributed by atoms with Crippen molar-refractivity contribution in [3.05, 3.63) is 35.0 Å². The fourth-order valence-corrected chi connectivity index (χ4v) is 2.66. The van der Waals surface area contributed by atoms with Gasteiger partial charge in [-0.05, 0) is 28.5 Å². The molecule has 2 aromatic heterocycles. The monoisotopic (exact) mass is 218 g/mol. The Morgan fingerprint density at radius 1 is 1.07 bits per heavy atom. The number of hydrogen-bond donors (Lipinski definition) is 0. The Morgan fingerprint density at radius 3 is 2.93 bits per heavy atom. The lowest BCUT2D eigenvalue weighted by Gasteiger charge is -1.96. The van der Waals surface area contributed by atoms with Crippen molar-refractivity contribution in [1.29, 1.82) is 0 Å². The van der Waals surface area contributed by atoms with E-state index in [0.717, 1.165) is 11.0 Å². The number of nitrogens with zero attached hydrogens (tertiary/aromatic N) is 2. The minimum atomic E-state index is 0.985. The van der Waals surface area contributed by atoms with E-state index in [1.807, 2.05) is 12.1 Å². The highest BCUT2D eigenvalue weighted by Gasteiger charge is 2.06. The molecule has 1 aromatic carbocycles. The molecule has 0 saturated carbocycles. The number of aromatic nitrogens is 2. The molecule has 4 heteroatoms. The first kappa shape index (κ1) is 8.08. The molecule has 0 unspecified atom stereocenters. The Morgan fingerprint density at radius 2 is 2.07 bits per heavy atom. The Kier molecular flexibility index (Phi) is 1.82. The molecule has 0 amide bonds. The molecule has 0 saturated heterocycles. The molecule has 14 heavy (non-hydrogen) atoms. The van der Waals surface area contributed by atoms with Gasteiger partial charge in [0.15, 0.2) is 0 Å². The van der Waals surface area contributed by atoms with Crippen LogP contribution in [0.3, 0.4) is 0 Å². The first-order chi connectivity index (χ1) is 6.95. The van der Waals surface area contributed by atoms with Crippen LogP contribution in [0.25, 0.3) is 22.2 Å². The summed E-state index contributed by atoms with van der Waals surface area (Å²) >= 11 is 2.97. The molecule has 3 rings (SSSR count). The first-order valence-corrected chi connectivity index (χ1v) is 5.86. The first-order valence-electron chi connectivity index (χ1n) is 4.19. The van der Waals surface area contributed by atoms with Crippen molar-refractivity contribution in [2.45, 2.75) is 0 Å². The van der Waals surface area contributed by atoms with Crippen LogP contribution in [0.1, 0.15) is 0 Å². The molecule has 0 N–H and O–H groups in total. The summed E-state index contributed by atoms with van der Waals surface area (Å²) in [5, 5.41) is 4.21. The van der Waals surface area contributed by atoms with E-state index in [1.165, 1.54) is 22.9 Å². The maximum atomic E-state index is 4.31. The molecular weight excluding hydrogens is 212 g/mol. The summed E-state index contributed by atoms with van der Waals surface area (Å²) in [6.07, 6.45) is 0. The summed E-state index contributed by atoms with van der Waals surface area (Å²) in [5.41, 5.74) is 4.40. The normalized spacial score (nSPS) is 10.9. The molecule has 2 nitrogen and oxygen atoms in total. The lowest BCUT2D eigenvalue weighted by Crippen LogP contribution is -1.76. The van der Waals surface area contributed by atoms with Gasteiger partial charge in [0, 0.05) is 5.56 Å². The van der Waals surface area contributed by atoms with Crippen LogP contribution in [0.4, 0.5) is 0 Å². The Labute approximate surface area is 89.2 Å². The van der Waals surface area contributed by atoms with E-state index in [1.54, 1.807) is 11.3 Å². The van der Waals surface area contributed by atoms with E-state index < -0.39 is 0 Å². The summed E-state index contributed by atoms with van der Waals surface area (Å²) in [5.74, 6) is 0. The zero-order valence-electron chi connectivity index (χ0n) is 7.18. The van der Waals surface area contributed by atoms with Gasteiger partial charge in [0.05, 0.1) is 11.7 Å². The van der Waals surface area contributed by atoms with E-state index >= 15 is 0 Å². The summed E-state index contributed by atoms with van der Waals surface area (Å²) < 4.78 is 8.53. The van der Waals surface area contributed by atoms with Gasteiger partial charge in [-0.3, -0.25) is 0 Å². The van der Waals surface area contributed by atoms with Gasteiger partial charge in [-0.2, -0.15) is 20.1 Å². The molecule has 0 bridgehead atoms. The molecule has 0 spiro atoms. The van der Waals surface area contributed by atoms with Crippen molar-refractivity contribution in [3.8, 4) is 11.1 Å². The maximum absolute atomic E-state index is 4.31. The molecule has 3 aromatic rings. The van der Waals surface area contributed by atoms with Crippen LogP contribution in [0, 0.1) is 0 Å². The SMILES string of the molecule is c1cc(-c2ccsc2)c2nsnc2c1. The van der Waals surface area contributed by atoms with Gasteiger partial charge in [-0.1, -0.05) is 12.1 Å². The summed E-state index contributed by atoms with van der Waals surface area (Å²) in [4.78, 5) is 0. The number of fused-ring (bicyclic) bond motifs is 1. The molecule has 0 aliphatic carbocycles. The van der Waals surface area contributed by atoms with E-state index in [0.29, 0.717) is 0 Å². The van der Waals surface area contributed by atoms with Gasteiger partial charge < -0.3 is 0 Å². The molecule has 0 aliphatic rings. The second-order valence-corrected chi connectivity index (χ2v) is 4.26. The lowest BCUT2D eigenvalue weighted by atomic mass is 10.1. The highest BCUT2D eigenvalue weighted by molar-refractivity contribution is 7.08. The average molecular weight is 218 g/mol. The molecule has 0 atom stereocenters. The molecular formula is C10H6N2S2. The summed E-state index contributed by atoms with van der Waals surface area (Å²) in [6, 6.07) is 8.22. The fraction of sp³-hybridized carbons (Fsp3) is 0. The van der Waals surface area contributed by atoms with E-state index in [9.17, 15) is 0 Å². The van der Waals surface area contributed by atoms with Crippen LogP contribution in [0.5, 0.6) is 0 Å². The van der Waals surface area contributed by atoms with Gasteiger partial charge in [-0.15, -0.1) is 0 Å². The van der Waals surface area contributed by atoms with Gasteiger partial charge in [0.25, 0.3) is 0 Å². The standard InChI is InChI=1S/C10H6N2S2/c1-2-8(7-4-5-13-6-7)10-9(3-1)11-14-12-10/h1-6H. The number of hydrogen-bond acceptors (Lipinski definition) is 4. The number of thiophene rings is 1. The highest BCUT2D eigenvalue weighted by Crippen LogP contribution is 2.28. The van der Waals surface area contributed by atoms with Crippen molar-refractivity contribution >= 4 is 34.1 Å². The predicted octanol–water partition coefficient (Wildman–Crippen LogP) is 3.42. The molecule has 0 aliphatic heterocycles. The van der Waals surface area contributed by atoms with Crippen molar-refractivity contribution in [1.82, 2.24) is 8.75 Å². The zero-order valence-corrected chi connectivity index (χ0v) is 8.81. The minimum absolute atomic E-state index is 0.985. The Bertz CT molecular complexity index is 554. The lowest BCUT2D eigenvalue weighted by molar-refractivity contribution is 1.63. The molecule has 0 fully saturated rings. The van der Waals surface area contributed by atoms with Crippen LogP contribution in [-0.4, -0.2) is 8.75 Å². The topological polar surface area (TPSA) is 25.8 Å². The van der Waals surface area contributed by atoms with E-state index in [-0.39, 0.29) is 0 Å². The third kappa shape index (κ3) is 1.15. The Hall–Kier alpha value is -1.26. The summed E-state index contributed by atoms with van der Waals surface area (Å²) in [6.45, 7) is 0. The van der Waals surface area contributed by atoms with E-state index in [2.05, 4.69) is 31.6 Å². The maximum Gasteiger partial charge on any atom is 0.112 e. The van der Waals surface area contributed by atoms with Crippen molar-refractivity contribution in [2.75, 3.05) is 0 Å². The third-order valence-electron chi connectivity index (χ3n) is 2.12. The predicted molar refractivity (Wildman–Crippen MR) is 60.7 cm³/mol. The third-order valence-corrected chi connectivity index (χ3v) is 3.34. The van der Waals surface area contributed by atoms with Gasteiger partial charge >= 0.3 is 0 Å². The van der Waals surface area contributed by atoms with Crippen molar-refractivity contribution in [3.63, 3.8) is 0 Å². The average Bonchev–Trinajstić information content (AvgIpc) is 2.88. The quantitative estimate of drug-likeness (QED) is 0.625.